The summed E-state index contributed by atoms with van der Waals surface area (Å²) in [5, 5.41) is 0. The minimum absolute atomic E-state index is 0.246. The SMILES string of the molecule is O=C(C1CCCC1)C1CN2CCN1CC2. The number of ketones is 1. The fourth-order valence-corrected chi connectivity index (χ4v) is 3.37. The van der Waals surface area contributed by atoms with Crippen molar-refractivity contribution in [2.45, 2.75) is 31.7 Å². The summed E-state index contributed by atoms with van der Waals surface area (Å²) in [6.45, 7) is 5.59. The van der Waals surface area contributed by atoms with E-state index in [1.165, 1.54) is 25.9 Å². The van der Waals surface area contributed by atoms with Gasteiger partial charge in [-0.2, -0.15) is 0 Å². The van der Waals surface area contributed by atoms with Crippen molar-refractivity contribution in [1.82, 2.24) is 9.80 Å². The molecule has 3 saturated heterocycles. The van der Waals surface area contributed by atoms with E-state index in [-0.39, 0.29) is 6.04 Å². The summed E-state index contributed by atoms with van der Waals surface area (Å²) >= 11 is 0. The predicted molar refractivity (Wildman–Crippen MR) is 58.8 cm³/mol. The molecule has 1 saturated carbocycles. The number of hydrogen-bond acceptors (Lipinski definition) is 3. The summed E-state index contributed by atoms with van der Waals surface area (Å²) in [7, 11) is 0. The Hall–Kier alpha value is -0.410. The average molecular weight is 208 g/mol. The fourth-order valence-electron chi connectivity index (χ4n) is 3.37. The van der Waals surface area contributed by atoms with Crippen molar-refractivity contribution in [3.63, 3.8) is 0 Å². The van der Waals surface area contributed by atoms with Crippen molar-refractivity contribution < 1.29 is 4.79 Å². The second-order valence-corrected chi connectivity index (χ2v) is 5.24. The van der Waals surface area contributed by atoms with E-state index < -0.39 is 0 Å². The monoisotopic (exact) mass is 208 g/mol. The van der Waals surface area contributed by atoms with Crippen molar-refractivity contribution in [3.8, 4) is 0 Å². The van der Waals surface area contributed by atoms with Crippen LogP contribution in [0.3, 0.4) is 0 Å². The molecule has 4 fully saturated rings. The zero-order chi connectivity index (χ0) is 10.3. The van der Waals surface area contributed by atoms with E-state index in [1.54, 1.807) is 0 Å². The van der Waals surface area contributed by atoms with Gasteiger partial charge < -0.3 is 0 Å². The smallest absolute Gasteiger partial charge is 0.154 e. The highest BCUT2D eigenvalue weighted by Crippen LogP contribution is 2.29. The molecule has 0 radical (unpaired) electrons. The molecule has 4 rings (SSSR count). The lowest BCUT2D eigenvalue weighted by Gasteiger charge is -2.47. The van der Waals surface area contributed by atoms with Gasteiger partial charge in [0, 0.05) is 38.6 Å². The van der Waals surface area contributed by atoms with Crippen molar-refractivity contribution in [1.29, 1.82) is 0 Å². The zero-order valence-electron chi connectivity index (χ0n) is 9.32. The molecule has 3 heteroatoms. The van der Waals surface area contributed by atoms with Crippen molar-refractivity contribution in [2.24, 2.45) is 5.92 Å². The molecule has 1 atom stereocenters. The first-order valence-corrected chi connectivity index (χ1v) is 6.35. The second kappa shape index (κ2) is 3.87. The third-order valence-electron chi connectivity index (χ3n) is 4.36. The van der Waals surface area contributed by atoms with E-state index in [9.17, 15) is 4.79 Å². The standard InChI is InChI=1S/C12H20N2O/c15-12(10-3-1-2-4-10)11-9-13-5-7-14(11)8-6-13/h10-11H,1-9H2. The number of Topliss-reactive ketones (excluding diaryl/α,β-unsaturated/α-hetero) is 1. The van der Waals surface area contributed by atoms with Gasteiger partial charge in [0.05, 0.1) is 6.04 Å². The number of nitrogens with zero attached hydrogens (tertiary/aromatic N) is 2. The molecule has 2 bridgehead atoms. The molecule has 0 N–H and O–H groups in total. The molecule has 0 aromatic carbocycles. The molecule has 3 heterocycles. The fraction of sp³-hybridized carbons (Fsp3) is 0.917. The van der Waals surface area contributed by atoms with Crippen molar-refractivity contribution >= 4 is 5.78 Å². The first-order chi connectivity index (χ1) is 7.34. The summed E-state index contributed by atoms with van der Waals surface area (Å²) in [5.74, 6) is 0.951. The van der Waals surface area contributed by atoms with Gasteiger partial charge in [-0.25, -0.2) is 0 Å². The van der Waals surface area contributed by atoms with Crippen LogP contribution in [-0.4, -0.2) is 54.3 Å². The Bertz CT molecular complexity index is 252. The molecule has 84 valence electrons. The van der Waals surface area contributed by atoms with E-state index >= 15 is 0 Å². The molecule has 1 unspecified atom stereocenters. The van der Waals surface area contributed by atoms with Gasteiger partial charge in [-0.3, -0.25) is 14.6 Å². The van der Waals surface area contributed by atoms with Crippen LogP contribution in [0.5, 0.6) is 0 Å². The number of carbonyl (C=O) groups is 1. The van der Waals surface area contributed by atoms with Gasteiger partial charge >= 0.3 is 0 Å². The van der Waals surface area contributed by atoms with E-state index in [0.29, 0.717) is 11.7 Å². The number of rotatable bonds is 2. The number of fused-ring (bicyclic) bond motifs is 3. The number of hydrogen-bond donors (Lipinski definition) is 0. The maximum absolute atomic E-state index is 12.3. The lowest BCUT2D eigenvalue weighted by Crippen LogP contribution is -2.64. The van der Waals surface area contributed by atoms with Crippen LogP contribution >= 0.6 is 0 Å². The van der Waals surface area contributed by atoms with Crippen LogP contribution in [-0.2, 0) is 4.79 Å². The average Bonchev–Trinajstić information content (AvgIpc) is 2.83. The molecule has 0 amide bonds. The maximum Gasteiger partial charge on any atom is 0.154 e. The molecule has 3 nitrogen and oxygen atoms in total. The van der Waals surface area contributed by atoms with Crippen LogP contribution < -0.4 is 0 Å². The zero-order valence-corrected chi connectivity index (χ0v) is 9.32. The Morgan fingerprint density at radius 1 is 1.00 bits per heavy atom. The van der Waals surface area contributed by atoms with Crippen molar-refractivity contribution in [2.75, 3.05) is 32.7 Å². The topological polar surface area (TPSA) is 23.6 Å². The highest BCUT2D eigenvalue weighted by molar-refractivity contribution is 5.87. The van der Waals surface area contributed by atoms with E-state index in [1.807, 2.05) is 0 Å². The van der Waals surface area contributed by atoms with Crippen LogP contribution in [0.25, 0.3) is 0 Å². The van der Waals surface area contributed by atoms with Gasteiger partial charge in [-0.05, 0) is 12.8 Å². The summed E-state index contributed by atoms with van der Waals surface area (Å²) in [5.41, 5.74) is 0. The van der Waals surface area contributed by atoms with Gasteiger partial charge in [0.2, 0.25) is 0 Å². The van der Waals surface area contributed by atoms with Crippen LogP contribution in [0, 0.1) is 5.92 Å². The van der Waals surface area contributed by atoms with E-state index in [4.69, 9.17) is 0 Å². The largest absolute Gasteiger partial charge is 0.299 e. The normalized spacial score (nSPS) is 40.9. The first kappa shape index (κ1) is 9.79. The third-order valence-corrected chi connectivity index (χ3v) is 4.36. The predicted octanol–water partition coefficient (Wildman–Crippen LogP) is 0.745. The maximum atomic E-state index is 12.3. The molecule has 1 aliphatic carbocycles. The van der Waals surface area contributed by atoms with E-state index in [2.05, 4.69) is 9.80 Å². The van der Waals surface area contributed by atoms with Crippen LogP contribution in [0.2, 0.25) is 0 Å². The van der Waals surface area contributed by atoms with Crippen LogP contribution in [0.1, 0.15) is 25.7 Å². The van der Waals surface area contributed by atoms with Crippen LogP contribution in [0.15, 0.2) is 0 Å². The van der Waals surface area contributed by atoms with Crippen LogP contribution in [0.4, 0.5) is 0 Å². The Kier molecular flexibility index (Phi) is 2.53. The Morgan fingerprint density at radius 3 is 2.20 bits per heavy atom. The third kappa shape index (κ3) is 1.72. The van der Waals surface area contributed by atoms with Gasteiger partial charge in [-0.1, -0.05) is 12.8 Å². The summed E-state index contributed by atoms with van der Waals surface area (Å²) in [6.07, 6.45) is 4.85. The van der Waals surface area contributed by atoms with E-state index in [0.717, 1.165) is 32.5 Å². The Balaban J connectivity index is 1.68. The highest BCUT2D eigenvalue weighted by atomic mass is 16.1. The second-order valence-electron chi connectivity index (χ2n) is 5.24. The molecule has 15 heavy (non-hydrogen) atoms. The molecular weight excluding hydrogens is 188 g/mol. The molecular formula is C12H20N2O. The molecule has 0 aromatic rings. The van der Waals surface area contributed by atoms with Gasteiger partial charge in [0.1, 0.15) is 0 Å². The molecule has 0 aromatic heterocycles. The minimum Gasteiger partial charge on any atom is -0.299 e. The minimum atomic E-state index is 0.246. The number of piperazine rings is 3. The quantitative estimate of drug-likeness (QED) is 0.669. The lowest BCUT2D eigenvalue weighted by molar-refractivity contribution is -0.133. The molecule has 0 spiro atoms. The Morgan fingerprint density at radius 2 is 1.67 bits per heavy atom. The molecule has 4 aliphatic rings. The summed E-state index contributed by atoms with van der Waals surface area (Å²) in [4.78, 5) is 17.2. The molecule has 3 aliphatic heterocycles. The summed E-state index contributed by atoms with van der Waals surface area (Å²) < 4.78 is 0. The highest BCUT2D eigenvalue weighted by Gasteiger charge is 2.39. The first-order valence-electron chi connectivity index (χ1n) is 6.35. The number of carbonyl (C=O) groups excluding carboxylic acids is 1. The van der Waals surface area contributed by atoms with Gasteiger partial charge in [0.25, 0.3) is 0 Å². The van der Waals surface area contributed by atoms with Gasteiger partial charge in [0.15, 0.2) is 5.78 Å². The van der Waals surface area contributed by atoms with Gasteiger partial charge in [-0.15, -0.1) is 0 Å². The Labute approximate surface area is 91.4 Å². The lowest BCUT2D eigenvalue weighted by atomic mass is 9.92. The summed E-state index contributed by atoms with van der Waals surface area (Å²) in [6, 6.07) is 0.246. The van der Waals surface area contributed by atoms with Crippen molar-refractivity contribution in [3.05, 3.63) is 0 Å².